The molecule has 0 aromatic carbocycles. The number of halogens is 4. The van der Waals surface area contributed by atoms with E-state index in [9.17, 15) is 22.4 Å². The van der Waals surface area contributed by atoms with Crippen LogP contribution in [0.3, 0.4) is 0 Å². The maximum atomic E-state index is 14.5. The summed E-state index contributed by atoms with van der Waals surface area (Å²) in [4.78, 5) is 10.7. The highest BCUT2D eigenvalue weighted by atomic mass is 19.3. The van der Waals surface area contributed by atoms with E-state index in [2.05, 4.69) is 6.92 Å². The van der Waals surface area contributed by atoms with Crippen LogP contribution in [0.25, 0.3) is 0 Å². The minimum absolute atomic E-state index is 0.0250. The van der Waals surface area contributed by atoms with Crippen molar-refractivity contribution in [3.8, 4) is 0 Å². The van der Waals surface area contributed by atoms with Crippen molar-refractivity contribution in [2.24, 2.45) is 23.7 Å². The molecule has 23 heavy (non-hydrogen) atoms. The molecule has 0 N–H and O–H groups in total. The fourth-order valence-corrected chi connectivity index (χ4v) is 4.38. The zero-order chi connectivity index (χ0) is 17.1. The third-order valence-corrected chi connectivity index (χ3v) is 5.98. The Morgan fingerprint density at radius 1 is 0.826 bits per heavy atom. The quantitative estimate of drug-likeness (QED) is 0.438. The predicted octanol–water partition coefficient (Wildman–Crippen LogP) is 5.87. The molecule has 1 nitrogen and oxygen atoms in total. The Hall–Kier alpha value is -0.610. The summed E-state index contributed by atoms with van der Waals surface area (Å²) in [6, 6.07) is 0. The largest absolute Gasteiger partial charge is 0.313 e. The molecule has 0 unspecified atom stereocenters. The van der Waals surface area contributed by atoms with Crippen molar-refractivity contribution in [3.05, 3.63) is 0 Å². The van der Waals surface area contributed by atoms with E-state index in [0.29, 0.717) is 31.6 Å². The van der Waals surface area contributed by atoms with Gasteiger partial charge in [0.05, 0.1) is 0 Å². The van der Waals surface area contributed by atoms with Gasteiger partial charge >= 0.3 is 11.8 Å². The molecular weight excluding hydrogens is 308 g/mol. The summed E-state index contributed by atoms with van der Waals surface area (Å²) in [5.74, 6) is -10.2. The fraction of sp³-hybridized carbons (Fsp3) is 0.944. The van der Waals surface area contributed by atoms with Gasteiger partial charge in [0.25, 0.3) is 0 Å². The van der Waals surface area contributed by atoms with Crippen LogP contribution in [-0.4, -0.2) is 18.1 Å². The zero-order valence-electron chi connectivity index (χ0n) is 13.9. The Morgan fingerprint density at radius 2 is 1.26 bits per heavy atom. The maximum Gasteiger partial charge on any atom is 0.313 e. The first-order chi connectivity index (χ1) is 10.8. The second-order valence-electron chi connectivity index (χ2n) is 7.50. The summed E-state index contributed by atoms with van der Waals surface area (Å²) in [5, 5.41) is 0. The second kappa shape index (κ2) is 7.52. The van der Waals surface area contributed by atoms with E-state index in [4.69, 9.17) is 0 Å². The first-order valence-electron chi connectivity index (χ1n) is 9.03. The Kier molecular flexibility index (Phi) is 6.12. The van der Waals surface area contributed by atoms with E-state index < -0.39 is 23.7 Å². The highest BCUT2D eigenvalue weighted by molar-refractivity contribution is 5.53. The van der Waals surface area contributed by atoms with Gasteiger partial charge in [0.2, 0.25) is 0 Å². The third-order valence-electron chi connectivity index (χ3n) is 5.98. The second-order valence-corrected chi connectivity index (χ2v) is 7.50. The van der Waals surface area contributed by atoms with Gasteiger partial charge in [-0.25, -0.2) is 0 Å². The van der Waals surface area contributed by atoms with E-state index >= 15 is 0 Å². The molecule has 0 spiro atoms. The Bertz CT molecular complexity index is 380. The lowest BCUT2D eigenvalue weighted by Gasteiger charge is -2.42. The average Bonchev–Trinajstić information content (AvgIpc) is 2.55. The molecule has 2 rings (SSSR count). The van der Waals surface area contributed by atoms with Crippen molar-refractivity contribution in [1.82, 2.24) is 0 Å². The molecule has 2 aliphatic carbocycles. The fourth-order valence-electron chi connectivity index (χ4n) is 4.38. The number of alkyl halides is 4. The smallest absolute Gasteiger partial charge is 0.303 e. The molecule has 2 aliphatic rings. The summed E-state index contributed by atoms with van der Waals surface area (Å²) < 4.78 is 58.1. The molecule has 0 aromatic heterocycles. The van der Waals surface area contributed by atoms with Crippen LogP contribution in [0.5, 0.6) is 0 Å². The normalized spacial score (nSPS) is 33.4. The van der Waals surface area contributed by atoms with Crippen LogP contribution in [0.2, 0.25) is 0 Å². The summed E-state index contributed by atoms with van der Waals surface area (Å²) >= 11 is 0. The van der Waals surface area contributed by atoms with Crippen LogP contribution in [0.15, 0.2) is 0 Å². The monoisotopic (exact) mass is 336 g/mol. The molecule has 0 heterocycles. The molecule has 2 saturated carbocycles. The van der Waals surface area contributed by atoms with E-state index in [1.807, 2.05) is 0 Å². The third kappa shape index (κ3) is 3.90. The number of rotatable bonds is 6. The first kappa shape index (κ1) is 18.7. The predicted molar refractivity (Wildman–Crippen MR) is 81.8 cm³/mol. The topological polar surface area (TPSA) is 17.1 Å². The van der Waals surface area contributed by atoms with Crippen LogP contribution < -0.4 is 0 Å². The maximum absolute atomic E-state index is 14.5. The highest BCUT2D eigenvalue weighted by Crippen LogP contribution is 2.53. The molecule has 0 aromatic rings. The molecule has 0 radical (unpaired) electrons. The van der Waals surface area contributed by atoms with Gasteiger partial charge in [0.15, 0.2) is 0 Å². The van der Waals surface area contributed by atoms with Crippen LogP contribution in [0, 0.1) is 23.7 Å². The molecule has 0 atom stereocenters. The van der Waals surface area contributed by atoms with E-state index in [1.54, 1.807) is 0 Å². The highest BCUT2D eigenvalue weighted by Gasteiger charge is 2.64. The Balaban J connectivity index is 1.98. The standard InChI is InChI=1S/C18H28F4O/c1-2-3-13-4-8-15(9-5-13)17(19,20)18(21,22)16-10-6-14(12-23)7-11-16/h12-16H,2-11H2,1H3. The van der Waals surface area contributed by atoms with Gasteiger partial charge in [-0.3, -0.25) is 0 Å². The van der Waals surface area contributed by atoms with Crippen LogP contribution in [-0.2, 0) is 4.79 Å². The summed E-state index contributed by atoms with van der Waals surface area (Å²) in [5.41, 5.74) is 0. The minimum Gasteiger partial charge on any atom is -0.303 e. The molecule has 0 bridgehead atoms. The van der Waals surface area contributed by atoms with Crippen molar-refractivity contribution in [2.45, 2.75) is 83.0 Å². The van der Waals surface area contributed by atoms with Crippen molar-refractivity contribution >= 4 is 6.29 Å². The lowest BCUT2D eigenvalue weighted by molar-refractivity contribution is -0.269. The Labute approximate surface area is 136 Å². The van der Waals surface area contributed by atoms with Gasteiger partial charge < -0.3 is 4.79 Å². The average molecular weight is 336 g/mol. The van der Waals surface area contributed by atoms with Gasteiger partial charge in [-0.2, -0.15) is 17.6 Å². The zero-order valence-corrected chi connectivity index (χ0v) is 13.9. The van der Waals surface area contributed by atoms with Crippen molar-refractivity contribution in [1.29, 1.82) is 0 Å². The van der Waals surface area contributed by atoms with Crippen molar-refractivity contribution in [3.63, 3.8) is 0 Å². The summed E-state index contributed by atoms with van der Waals surface area (Å²) in [7, 11) is 0. The molecule has 5 heteroatoms. The first-order valence-corrected chi connectivity index (χ1v) is 9.03. The van der Waals surface area contributed by atoms with E-state index in [0.717, 1.165) is 19.1 Å². The van der Waals surface area contributed by atoms with Gasteiger partial charge in [-0.05, 0) is 57.3 Å². The molecule has 2 fully saturated rings. The molecule has 0 aliphatic heterocycles. The van der Waals surface area contributed by atoms with E-state index in [-0.39, 0.29) is 31.6 Å². The molecule has 0 amide bonds. The number of aldehydes is 1. The van der Waals surface area contributed by atoms with Gasteiger partial charge in [0, 0.05) is 17.8 Å². The van der Waals surface area contributed by atoms with Crippen LogP contribution in [0.4, 0.5) is 17.6 Å². The van der Waals surface area contributed by atoms with Crippen LogP contribution >= 0.6 is 0 Å². The van der Waals surface area contributed by atoms with E-state index in [1.165, 1.54) is 0 Å². The minimum atomic E-state index is -3.96. The Morgan fingerprint density at radius 3 is 1.65 bits per heavy atom. The van der Waals surface area contributed by atoms with Gasteiger partial charge in [-0.15, -0.1) is 0 Å². The number of hydrogen-bond donors (Lipinski definition) is 0. The SMILES string of the molecule is CCCC1CCC(C(F)(F)C(F)(F)C2CCC(C=O)CC2)CC1. The molecular formula is C18H28F4O. The van der Waals surface area contributed by atoms with Crippen LogP contribution in [0.1, 0.15) is 71.1 Å². The van der Waals surface area contributed by atoms with Gasteiger partial charge in [-0.1, -0.05) is 19.8 Å². The number of carbonyl (C=O) groups is 1. The van der Waals surface area contributed by atoms with Crippen molar-refractivity contribution in [2.75, 3.05) is 0 Å². The number of carbonyl (C=O) groups excluding carboxylic acids is 1. The van der Waals surface area contributed by atoms with Gasteiger partial charge in [0.1, 0.15) is 6.29 Å². The lowest BCUT2D eigenvalue weighted by atomic mass is 9.71. The number of hydrogen-bond acceptors (Lipinski definition) is 1. The summed E-state index contributed by atoms with van der Waals surface area (Å²) in [6.07, 6.45) is 5.15. The summed E-state index contributed by atoms with van der Waals surface area (Å²) in [6.45, 7) is 2.06. The lowest BCUT2D eigenvalue weighted by Crippen LogP contribution is -2.52. The molecule has 134 valence electrons. The molecule has 0 saturated heterocycles. The van der Waals surface area contributed by atoms with Crippen molar-refractivity contribution < 1.29 is 22.4 Å².